The summed E-state index contributed by atoms with van der Waals surface area (Å²) in [5.74, 6) is -8.04. The molecule has 312 valence electrons. The molecule has 1 aromatic heterocycles. The molecule has 3 aliphatic heterocycles. The number of carbonyl (C=O) groups is 4. The first-order valence-corrected chi connectivity index (χ1v) is 21.1. The van der Waals surface area contributed by atoms with Gasteiger partial charge in [-0.05, 0) is 79.1 Å². The number of nitrogens with zero attached hydrogens (tertiary/aromatic N) is 4. The maximum atomic E-state index is 16.2. The molecule has 0 radical (unpaired) electrons. The van der Waals surface area contributed by atoms with Crippen molar-refractivity contribution in [1.82, 2.24) is 24.7 Å². The Bertz CT molecular complexity index is 2710. The lowest BCUT2D eigenvalue weighted by Crippen LogP contribution is -2.56. The van der Waals surface area contributed by atoms with E-state index >= 15 is 13.2 Å². The number of imide groups is 1. The van der Waals surface area contributed by atoms with Crippen molar-refractivity contribution >= 4 is 66.9 Å². The third kappa shape index (κ3) is 7.20. The van der Waals surface area contributed by atoms with Crippen LogP contribution in [-0.2, 0) is 43.0 Å². The molecule has 2 atom stereocenters. The summed E-state index contributed by atoms with van der Waals surface area (Å²) < 4.78 is 83.6. The van der Waals surface area contributed by atoms with Crippen LogP contribution < -0.4 is 24.4 Å². The second kappa shape index (κ2) is 14.9. The Hall–Kier alpha value is -6.01. The van der Waals surface area contributed by atoms with Crippen LogP contribution in [0.1, 0.15) is 60.8 Å². The number of fused-ring (bicyclic) bond motifs is 2. The smallest absolute Gasteiger partial charge is 0.326 e. The SMILES string of the molecule is Cn1nc(C2CCC(=O)NC2=O)c2ccc(C3CCN(C4CC(C(=O)Nc5ccc6c(F)c(N7CC(=O)NS7(=O)=O)c(OCc7ccccc7)cc6c5)C4)CC3(F)F)cc21. The molecule has 4 heterocycles. The van der Waals surface area contributed by atoms with E-state index in [1.165, 1.54) is 24.3 Å². The van der Waals surface area contributed by atoms with E-state index in [2.05, 4.69) is 15.7 Å². The van der Waals surface area contributed by atoms with E-state index in [-0.39, 0.29) is 48.4 Å². The van der Waals surface area contributed by atoms with Gasteiger partial charge in [0.25, 0.3) is 11.8 Å². The first kappa shape index (κ1) is 39.5. The molecule has 9 rings (SSSR count). The summed E-state index contributed by atoms with van der Waals surface area (Å²) in [4.78, 5) is 51.4. The van der Waals surface area contributed by atoms with Crippen LogP contribution in [0.15, 0.2) is 72.8 Å². The molecule has 5 aromatic rings. The Labute approximate surface area is 342 Å². The zero-order valence-corrected chi connectivity index (χ0v) is 33.1. The maximum Gasteiger partial charge on any atom is 0.326 e. The summed E-state index contributed by atoms with van der Waals surface area (Å²) in [5.41, 5.74) is 2.30. The number of piperidine rings is 2. The number of hydrogen-bond acceptors (Lipinski definition) is 9. The quantitative estimate of drug-likeness (QED) is 0.173. The summed E-state index contributed by atoms with van der Waals surface area (Å²) in [6.45, 7) is -0.693. The van der Waals surface area contributed by atoms with Crippen LogP contribution in [-0.4, -0.2) is 78.3 Å². The van der Waals surface area contributed by atoms with Gasteiger partial charge in [0.2, 0.25) is 17.7 Å². The van der Waals surface area contributed by atoms with E-state index in [1.54, 1.807) is 59.1 Å². The molecule has 4 aromatic carbocycles. The summed E-state index contributed by atoms with van der Waals surface area (Å²) >= 11 is 0. The first-order chi connectivity index (χ1) is 28.6. The molecule has 3 N–H and O–H groups in total. The van der Waals surface area contributed by atoms with Crippen LogP contribution in [0.3, 0.4) is 0 Å². The van der Waals surface area contributed by atoms with Crippen LogP contribution in [0.2, 0.25) is 0 Å². The summed E-state index contributed by atoms with van der Waals surface area (Å²) in [6, 6.07) is 19.8. The molecule has 4 amide bonds. The number of amides is 4. The van der Waals surface area contributed by atoms with Crippen molar-refractivity contribution in [3.63, 3.8) is 0 Å². The van der Waals surface area contributed by atoms with E-state index in [1.807, 2.05) is 10.8 Å². The molecule has 4 aliphatic rings. The first-order valence-electron chi connectivity index (χ1n) is 19.6. The van der Waals surface area contributed by atoms with E-state index in [0.29, 0.717) is 63.3 Å². The third-order valence-corrected chi connectivity index (χ3v) is 13.5. The fraction of sp³-hybridized carbons (Fsp3) is 0.357. The van der Waals surface area contributed by atoms with Gasteiger partial charge in [-0.1, -0.05) is 42.5 Å². The average molecular weight is 844 g/mol. The van der Waals surface area contributed by atoms with Gasteiger partial charge < -0.3 is 10.1 Å². The van der Waals surface area contributed by atoms with Gasteiger partial charge >= 0.3 is 10.2 Å². The number of likely N-dealkylation sites (tertiary alicyclic amines) is 1. The van der Waals surface area contributed by atoms with E-state index in [0.717, 1.165) is 5.56 Å². The fourth-order valence-corrected chi connectivity index (χ4v) is 10.1. The molecule has 1 saturated carbocycles. The normalized spacial score (nSPS) is 23.9. The Morgan fingerprint density at radius 2 is 1.75 bits per heavy atom. The van der Waals surface area contributed by atoms with Crippen molar-refractivity contribution in [3.05, 3.63) is 95.4 Å². The number of ether oxygens (including phenoxy) is 1. The number of rotatable bonds is 9. The second-order valence-electron chi connectivity index (χ2n) is 16.0. The minimum Gasteiger partial charge on any atom is -0.487 e. The number of aryl methyl sites for hydroxylation is 1. The summed E-state index contributed by atoms with van der Waals surface area (Å²) in [6.07, 6.45) is 1.50. The van der Waals surface area contributed by atoms with Gasteiger partial charge in [-0.15, -0.1) is 0 Å². The van der Waals surface area contributed by atoms with Crippen molar-refractivity contribution in [1.29, 1.82) is 0 Å². The predicted molar refractivity (Wildman–Crippen MR) is 214 cm³/mol. The molecular formula is C42H40F3N7O7S. The van der Waals surface area contributed by atoms with Gasteiger partial charge in [0.15, 0.2) is 5.82 Å². The van der Waals surface area contributed by atoms with Gasteiger partial charge in [0, 0.05) is 41.9 Å². The van der Waals surface area contributed by atoms with Crippen LogP contribution in [0.25, 0.3) is 21.7 Å². The largest absolute Gasteiger partial charge is 0.487 e. The molecule has 3 saturated heterocycles. The topological polar surface area (TPSA) is 172 Å². The van der Waals surface area contributed by atoms with Gasteiger partial charge in [0.1, 0.15) is 24.6 Å². The van der Waals surface area contributed by atoms with Crippen LogP contribution >= 0.6 is 0 Å². The molecule has 4 fully saturated rings. The average Bonchev–Trinajstić information content (AvgIpc) is 3.65. The number of nitrogens with one attached hydrogen (secondary N) is 3. The molecule has 0 spiro atoms. The minimum absolute atomic E-state index is 0.0209. The van der Waals surface area contributed by atoms with Crippen LogP contribution in [0.5, 0.6) is 5.75 Å². The standard InChI is InChI=1S/C42H40F3N7O7S/c1-50-33-18-24(7-9-30(33)38(48-50)31-11-12-35(53)47-41(31)56)32-13-14-51(22-42(32,44)45)28-16-26(17-28)40(55)46-27-8-10-29-25(15-27)19-34(59-21-23-5-3-2-4-6-23)39(37(29)43)52-20-36(54)49-60(52,57)58/h2-10,15,18-19,26,28,31-32H,11-14,16-17,20-22H2,1H3,(H,46,55)(H,49,54)(H,47,53,56). The highest BCUT2D eigenvalue weighted by Crippen LogP contribution is 2.45. The maximum absolute atomic E-state index is 16.2. The lowest BCUT2D eigenvalue weighted by atomic mass is 9.76. The monoisotopic (exact) mass is 843 g/mol. The van der Waals surface area contributed by atoms with Crippen molar-refractivity contribution in [2.45, 2.75) is 62.5 Å². The van der Waals surface area contributed by atoms with E-state index in [4.69, 9.17) is 4.74 Å². The molecule has 0 bridgehead atoms. The van der Waals surface area contributed by atoms with Gasteiger partial charge in [-0.25, -0.2) is 22.2 Å². The zero-order valence-electron chi connectivity index (χ0n) is 32.3. The van der Waals surface area contributed by atoms with Gasteiger partial charge in [-0.2, -0.15) is 13.5 Å². The Morgan fingerprint density at radius 3 is 2.47 bits per heavy atom. The molecular weight excluding hydrogens is 804 g/mol. The number of benzene rings is 4. The van der Waals surface area contributed by atoms with Crippen molar-refractivity contribution < 1.29 is 45.5 Å². The van der Waals surface area contributed by atoms with Gasteiger partial charge in [0.05, 0.1) is 29.6 Å². The Morgan fingerprint density at radius 1 is 0.983 bits per heavy atom. The number of hydrogen-bond donors (Lipinski definition) is 3. The highest BCUT2D eigenvalue weighted by atomic mass is 32.2. The number of aromatic nitrogens is 2. The molecule has 60 heavy (non-hydrogen) atoms. The van der Waals surface area contributed by atoms with Crippen LogP contribution in [0.4, 0.5) is 24.5 Å². The van der Waals surface area contributed by atoms with Crippen molar-refractivity contribution in [3.8, 4) is 5.75 Å². The second-order valence-corrected chi connectivity index (χ2v) is 17.6. The van der Waals surface area contributed by atoms with Crippen molar-refractivity contribution in [2.75, 3.05) is 29.3 Å². The van der Waals surface area contributed by atoms with Crippen LogP contribution in [0, 0.1) is 11.7 Å². The lowest BCUT2D eigenvalue weighted by molar-refractivity contribution is -0.134. The molecule has 1 aliphatic carbocycles. The summed E-state index contributed by atoms with van der Waals surface area (Å²) in [7, 11) is -2.67. The number of alkyl halides is 2. The number of carbonyl (C=O) groups excluding carboxylic acids is 4. The van der Waals surface area contributed by atoms with E-state index < -0.39 is 70.3 Å². The molecule has 14 nitrogen and oxygen atoms in total. The zero-order chi connectivity index (χ0) is 42.1. The highest BCUT2D eigenvalue weighted by molar-refractivity contribution is 7.92. The fourth-order valence-electron chi connectivity index (χ4n) is 8.89. The summed E-state index contributed by atoms with van der Waals surface area (Å²) in [5, 5.41) is 10.8. The third-order valence-electron chi connectivity index (χ3n) is 12.1. The van der Waals surface area contributed by atoms with Gasteiger partial charge in [-0.3, -0.25) is 34.1 Å². The minimum atomic E-state index is -4.37. The highest BCUT2D eigenvalue weighted by Gasteiger charge is 2.49. The number of anilines is 2. The predicted octanol–water partition coefficient (Wildman–Crippen LogP) is 4.99. The Balaban J connectivity index is 0.858. The lowest BCUT2D eigenvalue weighted by Gasteiger charge is -2.47. The number of halogens is 3. The Kier molecular flexibility index (Phi) is 9.81. The molecule has 2 unspecified atom stereocenters. The molecule has 18 heteroatoms. The van der Waals surface area contributed by atoms with E-state index in [9.17, 15) is 27.6 Å². The van der Waals surface area contributed by atoms with Crippen molar-refractivity contribution in [2.24, 2.45) is 13.0 Å².